The molecule has 0 spiro atoms. The van der Waals surface area contributed by atoms with Crippen LogP contribution in [0.15, 0.2) is 28.8 Å². The number of oxazole rings is 1. The van der Waals surface area contributed by atoms with E-state index in [1.165, 1.54) is 6.20 Å². The molecule has 3 N–H and O–H groups in total. The van der Waals surface area contributed by atoms with Crippen LogP contribution in [-0.4, -0.2) is 58.6 Å². The average molecular weight is 479 g/mol. The lowest BCUT2D eigenvalue weighted by Gasteiger charge is -2.27. The fraction of sp³-hybridized carbons (Fsp3) is 0.417. The maximum absolute atomic E-state index is 13.1. The van der Waals surface area contributed by atoms with Crippen LogP contribution in [0.2, 0.25) is 0 Å². The molecule has 1 atom stereocenters. The van der Waals surface area contributed by atoms with Gasteiger partial charge in [-0.2, -0.15) is 0 Å². The van der Waals surface area contributed by atoms with Crippen molar-refractivity contribution in [3.63, 3.8) is 0 Å². The van der Waals surface area contributed by atoms with Gasteiger partial charge in [0.25, 0.3) is 17.7 Å². The summed E-state index contributed by atoms with van der Waals surface area (Å²) in [7, 11) is 0. The van der Waals surface area contributed by atoms with Crippen molar-refractivity contribution in [3.05, 3.63) is 47.2 Å². The summed E-state index contributed by atoms with van der Waals surface area (Å²) in [5.41, 5.74) is 0.968. The Hall–Kier alpha value is -4.02. The molecule has 182 valence electrons. The molecular formula is C24H25N5O6. The first-order valence-electron chi connectivity index (χ1n) is 11.8. The normalized spacial score (nSPS) is 19.5. The number of aromatic nitrogens is 1. The highest BCUT2D eigenvalue weighted by atomic mass is 16.4. The minimum Gasteiger partial charge on any atom is -0.435 e. The molecule has 2 aromatic rings. The Balaban J connectivity index is 1.12. The number of rotatable bonds is 9. The Labute approximate surface area is 200 Å². The quantitative estimate of drug-likeness (QED) is 0.362. The van der Waals surface area contributed by atoms with E-state index in [1.807, 2.05) is 0 Å². The molecule has 2 aliphatic heterocycles. The zero-order valence-corrected chi connectivity index (χ0v) is 19.0. The summed E-state index contributed by atoms with van der Waals surface area (Å²) < 4.78 is 5.49. The van der Waals surface area contributed by atoms with Crippen LogP contribution in [0.4, 0.5) is 5.69 Å². The smallest absolute Gasteiger partial charge is 0.288 e. The van der Waals surface area contributed by atoms with Crippen molar-refractivity contribution in [1.29, 1.82) is 0 Å². The Bertz CT molecular complexity index is 1220. The van der Waals surface area contributed by atoms with E-state index >= 15 is 0 Å². The standard InChI is InChI=1S/C24H25N5O6/c30-18-9-8-16(20(31)28-18)29-23(33)14-4-3-5-15(19(14)24(29)34)25-10-1-2-11-26-21(32)17-12-27-22(35-17)13-6-7-13/h3-5,12-13,16,25H,1-2,6-11H2,(H,26,32)(H,28,30,31). The minimum atomic E-state index is -0.999. The van der Waals surface area contributed by atoms with E-state index in [1.54, 1.807) is 18.2 Å². The summed E-state index contributed by atoms with van der Waals surface area (Å²) in [4.78, 5) is 66.9. The predicted octanol–water partition coefficient (Wildman–Crippen LogP) is 1.58. The van der Waals surface area contributed by atoms with E-state index in [9.17, 15) is 24.0 Å². The van der Waals surface area contributed by atoms with Crippen LogP contribution in [0.5, 0.6) is 0 Å². The molecule has 1 aromatic carbocycles. The molecular weight excluding hydrogens is 454 g/mol. The molecule has 1 aromatic heterocycles. The zero-order valence-electron chi connectivity index (χ0n) is 19.0. The van der Waals surface area contributed by atoms with E-state index in [2.05, 4.69) is 20.9 Å². The maximum Gasteiger partial charge on any atom is 0.288 e. The first kappa shape index (κ1) is 22.8. The SMILES string of the molecule is O=C1CCC(N2C(=O)c3cccc(NCCCCNC(=O)c4cnc(C5CC5)o4)c3C2=O)C(=O)N1. The van der Waals surface area contributed by atoms with Crippen molar-refractivity contribution in [2.45, 2.75) is 50.5 Å². The van der Waals surface area contributed by atoms with Crippen LogP contribution in [0.25, 0.3) is 0 Å². The summed E-state index contributed by atoms with van der Waals surface area (Å²) in [6, 6.07) is 3.94. The van der Waals surface area contributed by atoms with Gasteiger partial charge < -0.3 is 15.1 Å². The van der Waals surface area contributed by atoms with E-state index in [-0.39, 0.29) is 35.6 Å². The number of amides is 5. The second-order valence-corrected chi connectivity index (χ2v) is 8.90. The number of benzene rings is 1. The van der Waals surface area contributed by atoms with Gasteiger partial charge >= 0.3 is 0 Å². The summed E-state index contributed by atoms with van der Waals surface area (Å²) in [5, 5.41) is 8.18. The molecule has 5 rings (SSSR count). The van der Waals surface area contributed by atoms with Crippen LogP contribution in [0.3, 0.4) is 0 Å². The van der Waals surface area contributed by atoms with Crippen LogP contribution in [0, 0.1) is 0 Å². The van der Waals surface area contributed by atoms with E-state index < -0.39 is 29.7 Å². The molecule has 5 amide bonds. The monoisotopic (exact) mass is 479 g/mol. The third kappa shape index (κ3) is 4.53. The van der Waals surface area contributed by atoms with Crippen molar-refractivity contribution >= 4 is 35.2 Å². The summed E-state index contributed by atoms with van der Waals surface area (Å²) in [6.45, 7) is 0.966. The Morgan fingerprint density at radius 1 is 1.09 bits per heavy atom. The molecule has 1 unspecified atom stereocenters. The van der Waals surface area contributed by atoms with Crippen molar-refractivity contribution < 1.29 is 28.4 Å². The second-order valence-electron chi connectivity index (χ2n) is 8.90. The number of nitrogens with one attached hydrogen (secondary N) is 3. The van der Waals surface area contributed by atoms with Crippen molar-refractivity contribution in [2.75, 3.05) is 18.4 Å². The number of carbonyl (C=O) groups excluding carboxylic acids is 5. The molecule has 2 fully saturated rings. The van der Waals surface area contributed by atoms with Gasteiger partial charge in [0.15, 0.2) is 5.89 Å². The third-order valence-electron chi connectivity index (χ3n) is 6.35. The highest BCUT2D eigenvalue weighted by Crippen LogP contribution is 2.39. The number of unbranched alkanes of at least 4 members (excludes halogenated alkanes) is 1. The van der Waals surface area contributed by atoms with E-state index in [0.717, 1.165) is 17.7 Å². The maximum atomic E-state index is 13.1. The molecule has 11 heteroatoms. The molecule has 11 nitrogen and oxygen atoms in total. The number of carbonyl (C=O) groups is 5. The Kier molecular flexibility index (Phi) is 6.06. The van der Waals surface area contributed by atoms with E-state index in [0.29, 0.717) is 43.4 Å². The van der Waals surface area contributed by atoms with Gasteiger partial charge in [-0.25, -0.2) is 4.98 Å². The Morgan fingerprint density at radius 3 is 2.66 bits per heavy atom. The van der Waals surface area contributed by atoms with Crippen molar-refractivity contribution in [3.8, 4) is 0 Å². The summed E-state index contributed by atoms with van der Waals surface area (Å²) >= 11 is 0. The molecule has 3 aliphatic rings. The van der Waals surface area contributed by atoms with Gasteiger partial charge in [0.1, 0.15) is 6.04 Å². The first-order chi connectivity index (χ1) is 16.9. The number of imide groups is 2. The molecule has 1 saturated heterocycles. The zero-order chi connectivity index (χ0) is 24.5. The van der Waals surface area contributed by atoms with Crippen molar-refractivity contribution in [2.24, 2.45) is 0 Å². The van der Waals surface area contributed by atoms with Crippen LogP contribution in [0.1, 0.15) is 81.6 Å². The number of nitrogens with zero attached hydrogens (tertiary/aromatic N) is 2. The van der Waals surface area contributed by atoms with E-state index in [4.69, 9.17) is 4.42 Å². The summed E-state index contributed by atoms with van der Waals surface area (Å²) in [6.07, 6.45) is 5.13. The van der Waals surface area contributed by atoms with Gasteiger partial charge in [-0.3, -0.25) is 34.2 Å². The van der Waals surface area contributed by atoms with Crippen LogP contribution < -0.4 is 16.0 Å². The topological polar surface area (TPSA) is 151 Å². The molecule has 1 aliphatic carbocycles. The Morgan fingerprint density at radius 2 is 1.89 bits per heavy atom. The van der Waals surface area contributed by atoms with Crippen molar-refractivity contribution in [1.82, 2.24) is 20.5 Å². The van der Waals surface area contributed by atoms with Gasteiger partial charge in [0.05, 0.1) is 17.3 Å². The molecule has 1 saturated carbocycles. The molecule has 0 bridgehead atoms. The second kappa shape index (κ2) is 9.32. The lowest BCUT2D eigenvalue weighted by Crippen LogP contribution is -2.54. The minimum absolute atomic E-state index is 0.0730. The third-order valence-corrected chi connectivity index (χ3v) is 6.35. The van der Waals surface area contributed by atoms with Crippen LogP contribution >= 0.6 is 0 Å². The number of piperidine rings is 1. The lowest BCUT2D eigenvalue weighted by molar-refractivity contribution is -0.136. The van der Waals surface area contributed by atoms with Gasteiger partial charge in [0, 0.05) is 31.1 Å². The first-order valence-corrected chi connectivity index (χ1v) is 11.8. The van der Waals surface area contributed by atoms with Gasteiger partial charge in [-0.05, 0) is 44.2 Å². The molecule has 35 heavy (non-hydrogen) atoms. The summed E-state index contributed by atoms with van der Waals surface area (Å²) in [5.74, 6) is -1.24. The van der Waals surface area contributed by atoms with Gasteiger partial charge in [0.2, 0.25) is 17.6 Å². The number of anilines is 1. The van der Waals surface area contributed by atoms with Gasteiger partial charge in [-0.1, -0.05) is 6.07 Å². The molecule has 0 radical (unpaired) electrons. The highest BCUT2D eigenvalue weighted by molar-refractivity contribution is 6.25. The fourth-order valence-corrected chi connectivity index (χ4v) is 4.34. The highest BCUT2D eigenvalue weighted by Gasteiger charge is 2.45. The molecule has 3 heterocycles. The predicted molar refractivity (Wildman–Crippen MR) is 122 cm³/mol. The number of hydrogen-bond donors (Lipinski definition) is 3. The van der Waals surface area contributed by atoms with Crippen LogP contribution in [-0.2, 0) is 9.59 Å². The lowest BCUT2D eigenvalue weighted by atomic mass is 10.0. The average Bonchev–Trinajstić information content (AvgIpc) is 3.51. The number of hydrogen-bond acceptors (Lipinski definition) is 8. The largest absolute Gasteiger partial charge is 0.435 e. The number of fused-ring (bicyclic) bond motifs is 1. The van der Waals surface area contributed by atoms with Gasteiger partial charge in [-0.15, -0.1) is 0 Å². The fourth-order valence-electron chi connectivity index (χ4n) is 4.34.